The number of carbonyl (C=O) groups is 2. The van der Waals surface area contributed by atoms with E-state index in [2.05, 4.69) is 10.5 Å². The Morgan fingerprint density at radius 3 is 2.59 bits per heavy atom. The lowest BCUT2D eigenvalue weighted by Gasteiger charge is -2.28. The molecule has 0 spiro atoms. The van der Waals surface area contributed by atoms with E-state index in [4.69, 9.17) is 4.52 Å². The number of aromatic nitrogens is 1. The molecule has 0 radical (unpaired) electrons. The molecule has 0 unspecified atom stereocenters. The van der Waals surface area contributed by atoms with Crippen molar-refractivity contribution in [3.05, 3.63) is 53.4 Å². The molecule has 6 nitrogen and oxygen atoms in total. The van der Waals surface area contributed by atoms with E-state index in [9.17, 15) is 9.59 Å². The Morgan fingerprint density at radius 2 is 1.89 bits per heavy atom. The standard InChI is InChI=1S/C21H27N3O3/c1-2-22-20(25)19-13-18(27-23-19)15-24(14-16-9-5-3-6-10-16)21(26)17-11-7-4-8-12-17/h3,5-6,9-10,13,17H,2,4,7-8,11-12,14-15H2,1H3,(H,22,25). The number of nitrogens with zero attached hydrogens (tertiary/aromatic N) is 2. The summed E-state index contributed by atoms with van der Waals surface area (Å²) in [5, 5.41) is 6.54. The van der Waals surface area contributed by atoms with Gasteiger partial charge in [-0.05, 0) is 25.3 Å². The Kier molecular flexibility index (Phi) is 6.63. The number of amides is 2. The minimum absolute atomic E-state index is 0.0771. The fourth-order valence-electron chi connectivity index (χ4n) is 3.56. The molecule has 27 heavy (non-hydrogen) atoms. The van der Waals surface area contributed by atoms with Crippen LogP contribution in [0.5, 0.6) is 0 Å². The first-order valence-corrected chi connectivity index (χ1v) is 9.74. The average molecular weight is 369 g/mol. The number of carbonyl (C=O) groups excluding carboxylic acids is 2. The first kappa shape index (κ1) is 19.1. The number of nitrogens with one attached hydrogen (secondary N) is 1. The topological polar surface area (TPSA) is 75.4 Å². The van der Waals surface area contributed by atoms with Crippen LogP contribution in [0, 0.1) is 5.92 Å². The lowest BCUT2D eigenvalue weighted by atomic mass is 9.88. The van der Waals surface area contributed by atoms with Crippen LogP contribution < -0.4 is 5.32 Å². The van der Waals surface area contributed by atoms with Gasteiger partial charge in [-0.1, -0.05) is 54.8 Å². The number of rotatable bonds is 7. The van der Waals surface area contributed by atoms with Crippen LogP contribution in [-0.4, -0.2) is 28.4 Å². The lowest BCUT2D eigenvalue weighted by molar-refractivity contribution is -0.138. The van der Waals surface area contributed by atoms with Crippen molar-refractivity contribution in [3.63, 3.8) is 0 Å². The molecule has 1 aliphatic carbocycles. The lowest BCUT2D eigenvalue weighted by Crippen LogP contribution is -2.36. The Bertz CT molecular complexity index is 751. The molecule has 6 heteroatoms. The summed E-state index contributed by atoms with van der Waals surface area (Å²) in [6, 6.07) is 11.6. The van der Waals surface area contributed by atoms with Gasteiger partial charge in [-0.3, -0.25) is 9.59 Å². The highest BCUT2D eigenvalue weighted by Crippen LogP contribution is 2.27. The maximum atomic E-state index is 13.1. The van der Waals surface area contributed by atoms with Crippen molar-refractivity contribution >= 4 is 11.8 Å². The van der Waals surface area contributed by atoms with Gasteiger partial charge in [0.15, 0.2) is 11.5 Å². The molecule has 1 heterocycles. The monoisotopic (exact) mass is 369 g/mol. The molecule has 1 aromatic carbocycles. The van der Waals surface area contributed by atoms with Gasteiger partial charge in [0.05, 0.1) is 6.54 Å². The molecule has 1 fully saturated rings. The summed E-state index contributed by atoms with van der Waals surface area (Å²) in [5.74, 6) is 0.500. The Balaban J connectivity index is 1.74. The van der Waals surface area contributed by atoms with Gasteiger partial charge in [0.25, 0.3) is 5.91 Å². The highest BCUT2D eigenvalue weighted by Gasteiger charge is 2.27. The molecule has 3 rings (SSSR count). The predicted molar refractivity (Wildman–Crippen MR) is 102 cm³/mol. The molecule has 0 saturated heterocycles. The zero-order valence-electron chi connectivity index (χ0n) is 15.8. The van der Waals surface area contributed by atoms with Gasteiger partial charge >= 0.3 is 0 Å². The van der Waals surface area contributed by atoms with E-state index in [1.165, 1.54) is 6.42 Å². The molecule has 1 saturated carbocycles. The predicted octanol–water partition coefficient (Wildman–Crippen LogP) is 3.53. The van der Waals surface area contributed by atoms with E-state index < -0.39 is 0 Å². The van der Waals surface area contributed by atoms with E-state index in [-0.39, 0.29) is 23.4 Å². The molecule has 0 atom stereocenters. The molecule has 1 aliphatic rings. The highest BCUT2D eigenvalue weighted by atomic mass is 16.5. The van der Waals surface area contributed by atoms with Crippen molar-refractivity contribution in [2.24, 2.45) is 5.92 Å². The van der Waals surface area contributed by atoms with Crippen LogP contribution in [0.2, 0.25) is 0 Å². The quantitative estimate of drug-likeness (QED) is 0.810. The third kappa shape index (κ3) is 5.18. The third-order valence-corrected chi connectivity index (χ3v) is 4.96. The summed E-state index contributed by atoms with van der Waals surface area (Å²) in [6.45, 7) is 3.22. The second kappa shape index (κ2) is 9.35. The molecular weight excluding hydrogens is 342 g/mol. The maximum Gasteiger partial charge on any atom is 0.273 e. The van der Waals surface area contributed by atoms with E-state index in [1.807, 2.05) is 42.2 Å². The summed E-state index contributed by atoms with van der Waals surface area (Å²) in [6.07, 6.45) is 5.33. The van der Waals surface area contributed by atoms with Gasteiger partial charge in [0, 0.05) is 25.1 Å². The summed E-state index contributed by atoms with van der Waals surface area (Å²) in [5.41, 5.74) is 1.32. The summed E-state index contributed by atoms with van der Waals surface area (Å²) >= 11 is 0. The van der Waals surface area contributed by atoms with Crippen molar-refractivity contribution in [3.8, 4) is 0 Å². The number of hydrogen-bond acceptors (Lipinski definition) is 4. The second-order valence-corrected chi connectivity index (χ2v) is 7.05. The van der Waals surface area contributed by atoms with Gasteiger partial charge in [0.2, 0.25) is 5.91 Å². The molecule has 2 aromatic rings. The Morgan fingerprint density at radius 1 is 1.15 bits per heavy atom. The van der Waals surface area contributed by atoms with Crippen molar-refractivity contribution in [2.45, 2.75) is 52.1 Å². The van der Waals surface area contributed by atoms with Crippen LogP contribution in [0.25, 0.3) is 0 Å². The second-order valence-electron chi connectivity index (χ2n) is 7.05. The first-order valence-electron chi connectivity index (χ1n) is 9.74. The Labute approximate surface area is 159 Å². The van der Waals surface area contributed by atoms with E-state index in [0.29, 0.717) is 25.4 Å². The minimum Gasteiger partial charge on any atom is -0.359 e. The largest absolute Gasteiger partial charge is 0.359 e. The molecular formula is C21H27N3O3. The van der Waals surface area contributed by atoms with Crippen molar-refractivity contribution in [2.75, 3.05) is 6.54 Å². The van der Waals surface area contributed by atoms with E-state index >= 15 is 0 Å². The third-order valence-electron chi connectivity index (χ3n) is 4.96. The molecule has 1 aromatic heterocycles. The van der Waals surface area contributed by atoms with Crippen molar-refractivity contribution < 1.29 is 14.1 Å². The molecule has 0 bridgehead atoms. The van der Waals surface area contributed by atoms with Gasteiger partial charge in [-0.25, -0.2) is 0 Å². The highest BCUT2D eigenvalue weighted by molar-refractivity contribution is 5.92. The van der Waals surface area contributed by atoms with Crippen LogP contribution in [-0.2, 0) is 17.9 Å². The first-order chi connectivity index (χ1) is 13.2. The summed E-state index contributed by atoms with van der Waals surface area (Å²) in [7, 11) is 0. The van der Waals surface area contributed by atoms with Gasteiger partial charge in [-0.15, -0.1) is 0 Å². The zero-order chi connectivity index (χ0) is 19.1. The smallest absolute Gasteiger partial charge is 0.273 e. The molecule has 2 amide bonds. The van der Waals surface area contributed by atoms with Crippen LogP contribution in [0.15, 0.2) is 40.9 Å². The number of benzene rings is 1. The van der Waals surface area contributed by atoms with Crippen molar-refractivity contribution in [1.29, 1.82) is 0 Å². The van der Waals surface area contributed by atoms with Gasteiger partial charge in [-0.2, -0.15) is 0 Å². The maximum absolute atomic E-state index is 13.1. The molecule has 1 N–H and O–H groups in total. The normalized spacial score (nSPS) is 14.7. The Hall–Kier alpha value is -2.63. The van der Waals surface area contributed by atoms with E-state index in [1.54, 1.807) is 6.07 Å². The van der Waals surface area contributed by atoms with Crippen LogP contribution in [0.1, 0.15) is 60.8 Å². The minimum atomic E-state index is -0.263. The van der Waals surface area contributed by atoms with Crippen LogP contribution >= 0.6 is 0 Å². The van der Waals surface area contributed by atoms with Gasteiger partial charge < -0.3 is 14.7 Å². The summed E-state index contributed by atoms with van der Waals surface area (Å²) < 4.78 is 5.33. The molecule has 0 aliphatic heterocycles. The zero-order valence-corrected chi connectivity index (χ0v) is 15.8. The molecule has 144 valence electrons. The van der Waals surface area contributed by atoms with Crippen LogP contribution in [0.4, 0.5) is 0 Å². The van der Waals surface area contributed by atoms with E-state index in [0.717, 1.165) is 31.2 Å². The van der Waals surface area contributed by atoms with Crippen molar-refractivity contribution in [1.82, 2.24) is 15.4 Å². The van der Waals surface area contributed by atoms with Gasteiger partial charge in [0.1, 0.15) is 0 Å². The fraction of sp³-hybridized carbons (Fsp3) is 0.476. The average Bonchev–Trinajstić information content (AvgIpc) is 3.17. The number of hydrogen-bond donors (Lipinski definition) is 1. The summed E-state index contributed by atoms with van der Waals surface area (Å²) in [4.78, 5) is 26.9. The fourth-order valence-corrected chi connectivity index (χ4v) is 3.56. The van der Waals surface area contributed by atoms with Crippen LogP contribution in [0.3, 0.4) is 0 Å². The SMILES string of the molecule is CCNC(=O)c1cc(CN(Cc2ccccc2)C(=O)C2CCCCC2)on1.